The van der Waals surface area contributed by atoms with Crippen LogP contribution in [-0.4, -0.2) is 16.2 Å². The molecule has 2 aromatic carbocycles. The molecule has 2 aromatic rings. The monoisotopic (exact) mass is 288 g/mol. The zero-order valence-corrected chi connectivity index (χ0v) is 11.0. The van der Waals surface area contributed by atoms with Crippen molar-refractivity contribution in [2.75, 3.05) is 0 Å². The van der Waals surface area contributed by atoms with Crippen LogP contribution in [0.5, 0.6) is 11.5 Å². The topological polar surface area (TPSA) is 66.8 Å². The van der Waals surface area contributed by atoms with E-state index in [1.54, 1.807) is 24.3 Å². The summed E-state index contributed by atoms with van der Waals surface area (Å²) in [6.45, 7) is 0.167. The molecule has 0 radical (unpaired) electrons. The van der Waals surface area contributed by atoms with E-state index in [9.17, 15) is 14.3 Å². The van der Waals surface area contributed by atoms with Gasteiger partial charge in [-0.25, -0.2) is 9.18 Å². The lowest BCUT2D eigenvalue weighted by atomic mass is 10.2. The molecule has 0 amide bonds. The highest BCUT2D eigenvalue weighted by Crippen LogP contribution is 2.20. The summed E-state index contributed by atoms with van der Waals surface area (Å²) in [4.78, 5) is 10.4. The minimum Gasteiger partial charge on any atom is -0.508 e. The van der Waals surface area contributed by atoms with Crippen molar-refractivity contribution in [2.45, 2.75) is 6.61 Å². The van der Waals surface area contributed by atoms with Crippen molar-refractivity contribution in [3.63, 3.8) is 0 Å². The molecule has 0 aromatic heterocycles. The normalized spacial score (nSPS) is 10.7. The van der Waals surface area contributed by atoms with E-state index in [4.69, 9.17) is 9.84 Å². The van der Waals surface area contributed by atoms with Crippen LogP contribution in [0.3, 0.4) is 0 Å². The van der Waals surface area contributed by atoms with Gasteiger partial charge in [0.2, 0.25) is 0 Å². The zero-order chi connectivity index (χ0) is 15.2. The number of carboxylic acid groups (broad SMARTS) is 1. The Labute approximate surface area is 120 Å². The number of halogens is 1. The molecule has 0 fully saturated rings. The number of hydrogen-bond acceptors (Lipinski definition) is 3. The molecular weight excluding hydrogens is 275 g/mol. The number of aliphatic carboxylic acids is 1. The van der Waals surface area contributed by atoms with Crippen LogP contribution in [0.1, 0.15) is 11.1 Å². The van der Waals surface area contributed by atoms with Crippen LogP contribution < -0.4 is 4.74 Å². The third-order valence-corrected chi connectivity index (χ3v) is 2.63. The summed E-state index contributed by atoms with van der Waals surface area (Å²) in [5.41, 5.74) is 1.13. The number of benzene rings is 2. The van der Waals surface area contributed by atoms with E-state index in [1.807, 2.05) is 0 Å². The maximum absolute atomic E-state index is 13.4. The summed E-state index contributed by atoms with van der Waals surface area (Å²) < 4.78 is 18.9. The predicted octanol–water partition coefficient (Wildman–Crippen LogP) is 3.21. The van der Waals surface area contributed by atoms with E-state index < -0.39 is 11.8 Å². The highest BCUT2D eigenvalue weighted by molar-refractivity contribution is 5.85. The molecule has 0 heterocycles. The van der Waals surface area contributed by atoms with Gasteiger partial charge in [0.15, 0.2) is 0 Å². The molecule has 2 N–H and O–H groups in total. The molecule has 2 rings (SSSR count). The lowest BCUT2D eigenvalue weighted by Crippen LogP contribution is -1.96. The smallest absolute Gasteiger partial charge is 0.328 e. The Balaban J connectivity index is 2.11. The Morgan fingerprint density at radius 2 is 2.05 bits per heavy atom. The lowest BCUT2D eigenvalue weighted by molar-refractivity contribution is -0.131. The number of carbonyl (C=O) groups is 1. The average Bonchev–Trinajstić information content (AvgIpc) is 2.43. The highest BCUT2D eigenvalue weighted by atomic mass is 19.1. The van der Waals surface area contributed by atoms with Gasteiger partial charge in [0.1, 0.15) is 23.9 Å². The summed E-state index contributed by atoms with van der Waals surface area (Å²) in [5, 5.41) is 17.9. The number of ether oxygens (including phenoxy) is 1. The molecule has 0 aliphatic rings. The standard InChI is InChI=1S/C16H13FO4/c17-13-6-11(4-5-16(19)20)8-15(9-13)21-10-12-2-1-3-14(18)7-12/h1-9,18H,10H2,(H,19,20)/b5-4+. The molecule has 0 aliphatic heterocycles. The van der Waals surface area contributed by atoms with E-state index in [0.717, 1.165) is 11.6 Å². The quantitative estimate of drug-likeness (QED) is 0.829. The molecule has 5 heteroatoms. The molecule has 0 aliphatic carbocycles. The van der Waals surface area contributed by atoms with Crippen molar-refractivity contribution in [1.29, 1.82) is 0 Å². The number of aromatic hydroxyl groups is 1. The Hall–Kier alpha value is -2.82. The van der Waals surface area contributed by atoms with Crippen molar-refractivity contribution < 1.29 is 24.1 Å². The van der Waals surface area contributed by atoms with Crippen molar-refractivity contribution in [2.24, 2.45) is 0 Å². The molecular formula is C16H13FO4. The van der Waals surface area contributed by atoms with Crippen molar-refractivity contribution in [3.05, 3.63) is 65.5 Å². The number of carboxylic acids is 1. The van der Waals surface area contributed by atoms with Crippen LogP contribution in [0.2, 0.25) is 0 Å². The third kappa shape index (κ3) is 4.65. The van der Waals surface area contributed by atoms with Gasteiger partial charge in [-0.15, -0.1) is 0 Å². The highest BCUT2D eigenvalue weighted by Gasteiger charge is 2.02. The Bertz CT molecular complexity index is 680. The van der Waals surface area contributed by atoms with E-state index in [1.165, 1.54) is 24.3 Å². The summed E-state index contributed by atoms with van der Waals surface area (Å²) in [5.74, 6) is -1.22. The van der Waals surface area contributed by atoms with Crippen molar-refractivity contribution >= 4 is 12.0 Å². The van der Waals surface area contributed by atoms with Gasteiger partial charge in [-0.1, -0.05) is 12.1 Å². The molecule has 0 atom stereocenters. The average molecular weight is 288 g/mol. The number of hydrogen-bond donors (Lipinski definition) is 2. The molecule has 21 heavy (non-hydrogen) atoms. The number of phenols is 1. The second-order valence-corrected chi connectivity index (χ2v) is 4.35. The fourth-order valence-corrected chi connectivity index (χ4v) is 1.74. The second kappa shape index (κ2) is 6.56. The van der Waals surface area contributed by atoms with Gasteiger partial charge in [-0.05, 0) is 41.5 Å². The fourth-order valence-electron chi connectivity index (χ4n) is 1.74. The van der Waals surface area contributed by atoms with Crippen molar-refractivity contribution in [1.82, 2.24) is 0 Å². The first-order valence-corrected chi connectivity index (χ1v) is 6.15. The molecule has 0 saturated carbocycles. The first-order chi connectivity index (χ1) is 10.0. The van der Waals surface area contributed by atoms with E-state index in [-0.39, 0.29) is 18.1 Å². The molecule has 108 valence electrons. The van der Waals surface area contributed by atoms with Crippen molar-refractivity contribution in [3.8, 4) is 11.5 Å². The molecule has 0 bridgehead atoms. The molecule has 4 nitrogen and oxygen atoms in total. The van der Waals surface area contributed by atoms with E-state index in [0.29, 0.717) is 5.56 Å². The van der Waals surface area contributed by atoms with E-state index in [2.05, 4.69) is 0 Å². The van der Waals surface area contributed by atoms with Gasteiger partial charge in [-0.3, -0.25) is 0 Å². The molecule has 0 unspecified atom stereocenters. The molecule has 0 saturated heterocycles. The van der Waals surface area contributed by atoms with Gasteiger partial charge in [0.25, 0.3) is 0 Å². The van der Waals surface area contributed by atoms with Crippen LogP contribution in [0.25, 0.3) is 6.08 Å². The Morgan fingerprint density at radius 1 is 1.24 bits per heavy atom. The van der Waals surface area contributed by atoms with Crippen LogP contribution in [-0.2, 0) is 11.4 Å². The maximum Gasteiger partial charge on any atom is 0.328 e. The molecule has 0 spiro atoms. The minimum atomic E-state index is -1.11. The largest absolute Gasteiger partial charge is 0.508 e. The summed E-state index contributed by atoms with van der Waals surface area (Å²) in [7, 11) is 0. The van der Waals surface area contributed by atoms with Gasteiger partial charge < -0.3 is 14.9 Å². The maximum atomic E-state index is 13.4. The number of phenolic OH excluding ortho intramolecular Hbond substituents is 1. The summed E-state index contributed by atoms with van der Waals surface area (Å²) >= 11 is 0. The first kappa shape index (κ1) is 14.6. The summed E-state index contributed by atoms with van der Waals surface area (Å²) in [6.07, 6.45) is 2.21. The minimum absolute atomic E-state index is 0.125. The fraction of sp³-hybridized carbons (Fsp3) is 0.0625. The Morgan fingerprint density at radius 3 is 2.76 bits per heavy atom. The van der Waals surface area contributed by atoms with Gasteiger partial charge in [0, 0.05) is 12.1 Å². The van der Waals surface area contributed by atoms with Gasteiger partial charge >= 0.3 is 5.97 Å². The predicted molar refractivity (Wildman–Crippen MR) is 75.5 cm³/mol. The van der Waals surface area contributed by atoms with E-state index >= 15 is 0 Å². The van der Waals surface area contributed by atoms with Crippen LogP contribution >= 0.6 is 0 Å². The zero-order valence-electron chi connectivity index (χ0n) is 11.0. The summed E-state index contributed by atoms with van der Waals surface area (Å²) in [6, 6.07) is 10.5. The lowest BCUT2D eigenvalue weighted by Gasteiger charge is -2.08. The van der Waals surface area contributed by atoms with Crippen LogP contribution in [0.4, 0.5) is 4.39 Å². The van der Waals surface area contributed by atoms with Crippen LogP contribution in [0.15, 0.2) is 48.5 Å². The van der Waals surface area contributed by atoms with Gasteiger partial charge in [0.05, 0.1) is 0 Å². The Kier molecular flexibility index (Phi) is 4.56. The first-order valence-electron chi connectivity index (χ1n) is 6.15. The van der Waals surface area contributed by atoms with Crippen LogP contribution in [0, 0.1) is 5.82 Å². The SMILES string of the molecule is O=C(O)/C=C/c1cc(F)cc(OCc2cccc(O)c2)c1. The van der Waals surface area contributed by atoms with Gasteiger partial charge in [-0.2, -0.15) is 0 Å². The third-order valence-electron chi connectivity index (χ3n) is 2.63. The second-order valence-electron chi connectivity index (χ2n) is 4.35. The number of rotatable bonds is 5.